The molecule has 0 aliphatic carbocycles. The molecule has 3 heteroatoms. The summed E-state index contributed by atoms with van der Waals surface area (Å²) in [5, 5.41) is 1.48. The smallest absolute Gasteiger partial charge is 0.334 e. The Labute approximate surface area is 98.5 Å². The Balaban J connectivity index is 3.28. The number of unbranched alkanes of at least 4 members (excludes halogenated alkanes) is 5. The van der Waals surface area contributed by atoms with Gasteiger partial charge in [-0.15, -0.1) is 0 Å². The van der Waals surface area contributed by atoms with Crippen molar-refractivity contribution in [3.8, 4) is 0 Å². The number of carbonyl (C=O) groups is 1. The first-order chi connectivity index (χ1) is 7.22. The highest BCUT2D eigenvalue weighted by Gasteiger charge is 2.03. The summed E-state index contributed by atoms with van der Waals surface area (Å²) < 4.78 is 5.05. The molecule has 2 nitrogen and oxygen atoms in total. The van der Waals surface area contributed by atoms with Crippen LogP contribution in [-0.2, 0) is 9.53 Å². The molecule has 0 aromatic carbocycles. The Morgan fingerprint density at radius 3 is 2.40 bits per heavy atom. The molecule has 0 rings (SSSR count). The van der Waals surface area contributed by atoms with Crippen LogP contribution in [0.3, 0.4) is 0 Å². The number of hydrogen-bond acceptors (Lipinski definition) is 3. The molecule has 0 N–H and O–H groups in total. The molecule has 0 heterocycles. The Bertz CT molecular complexity index is 200. The first kappa shape index (κ1) is 14.6. The molecule has 0 aromatic heterocycles. The molecule has 0 aromatic rings. The summed E-state index contributed by atoms with van der Waals surface area (Å²) >= 11 is 3.89. The van der Waals surface area contributed by atoms with Gasteiger partial charge in [0.2, 0.25) is 0 Å². The molecular formula is C12H22O2S. The van der Waals surface area contributed by atoms with Gasteiger partial charge in [0, 0.05) is 5.57 Å². The van der Waals surface area contributed by atoms with Crippen LogP contribution in [0.25, 0.3) is 0 Å². The summed E-state index contributed by atoms with van der Waals surface area (Å²) in [4.78, 5) is 11.2. The van der Waals surface area contributed by atoms with Crippen LogP contribution in [0.15, 0.2) is 11.0 Å². The third-order valence-electron chi connectivity index (χ3n) is 2.25. The molecule has 88 valence electrons. The summed E-state index contributed by atoms with van der Waals surface area (Å²) in [6, 6.07) is 0. The zero-order chi connectivity index (χ0) is 11.5. The van der Waals surface area contributed by atoms with Gasteiger partial charge in [-0.1, -0.05) is 39.0 Å². The van der Waals surface area contributed by atoms with Gasteiger partial charge in [-0.05, 0) is 18.8 Å². The van der Waals surface area contributed by atoms with Crippen molar-refractivity contribution in [2.45, 2.75) is 52.4 Å². The molecule has 0 aliphatic heterocycles. The molecule has 0 saturated heterocycles. The summed E-state index contributed by atoms with van der Waals surface area (Å²) in [6.07, 6.45) is 7.22. The van der Waals surface area contributed by atoms with Crippen molar-refractivity contribution in [2.24, 2.45) is 0 Å². The topological polar surface area (TPSA) is 26.3 Å². The van der Waals surface area contributed by atoms with E-state index in [0.29, 0.717) is 12.2 Å². The van der Waals surface area contributed by atoms with E-state index in [9.17, 15) is 4.79 Å². The lowest BCUT2D eigenvalue weighted by molar-refractivity contribution is -0.139. The fraction of sp³-hybridized carbons (Fsp3) is 0.750. The second-order valence-electron chi connectivity index (χ2n) is 3.72. The summed E-state index contributed by atoms with van der Waals surface area (Å²) in [6.45, 7) is 4.44. The minimum atomic E-state index is -0.251. The number of ether oxygens (including phenoxy) is 1. The first-order valence-corrected chi connectivity index (χ1v) is 6.22. The van der Waals surface area contributed by atoms with Crippen molar-refractivity contribution in [2.75, 3.05) is 6.61 Å². The molecular weight excluding hydrogens is 208 g/mol. The van der Waals surface area contributed by atoms with Crippen LogP contribution in [0.4, 0.5) is 0 Å². The van der Waals surface area contributed by atoms with Gasteiger partial charge in [0.25, 0.3) is 0 Å². The number of hydrogen-bond donors (Lipinski definition) is 1. The lowest BCUT2D eigenvalue weighted by atomic mass is 10.1. The summed E-state index contributed by atoms with van der Waals surface area (Å²) in [5.74, 6) is -0.251. The fourth-order valence-corrected chi connectivity index (χ4v) is 1.32. The lowest BCUT2D eigenvalue weighted by Crippen LogP contribution is -2.06. The van der Waals surface area contributed by atoms with Crippen molar-refractivity contribution >= 4 is 18.6 Å². The maximum Gasteiger partial charge on any atom is 0.334 e. The maximum atomic E-state index is 11.2. The van der Waals surface area contributed by atoms with Gasteiger partial charge in [0.1, 0.15) is 0 Å². The Morgan fingerprint density at radius 2 is 1.80 bits per heavy atom. The quantitative estimate of drug-likeness (QED) is 0.298. The standard InChI is InChI=1S/C12H22O2S/c1-3-4-5-6-7-8-9-14-12(13)11(2)10-15/h10,15H,3-9H2,1-2H3. The predicted octanol–water partition coefficient (Wildman–Crippen LogP) is 3.72. The first-order valence-electron chi connectivity index (χ1n) is 5.70. The maximum absolute atomic E-state index is 11.2. The Morgan fingerprint density at radius 1 is 1.20 bits per heavy atom. The van der Waals surface area contributed by atoms with Crippen LogP contribution in [0.1, 0.15) is 52.4 Å². The Hall–Kier alpha value is -0.440. The second-order valence-corrected chi connectivity index (χ2v) is 3.97. The van der Waals surface area contributed by atoms with Crippen molar-refractivity contribution in [3.63, 3.8) is 0 Å². The van der Waals surface area contributed by atoms with Crippen molar-refractivity contribution in [1.82, 2.24) is 0 Å². The molecule has 0 atom stereocenters. The van der Waals surface area contributed by atoms with Crippen LogP contribution in [0, 0.1) is 0 Å². The SMILES string of the molecule is CCCCCCCCOC(=O)C(C)=CS. The number of rotatable bonds is 8. The monoisotopic (exact) mass is 230 g/mol. The van der Waals surface area contributed by atoms with E-state index in [-0.39, 0.29) is 5.97 Å². The van der Waals surface area contributed by atoms with Crippen molar-refractivity contribution < 1.29 is 9.53 Å². The second kappa shape index (κ2) is 10.1. The zero-order valence-corrected chi connectivity index (χ0v) is 10.7. The third-order valence-corrected chi connectivity index (χ3v) is 2.63. The molecule has 0 unspecified atom stereocenters. The third kappa shape index (κ3) is 8.55. The van der Waals surface area contributed by atoms with E-state index in [1.165, 1.54) is 31.1 Å². The van der Waals surface area contributed by atoms with Crippen LogP contribution in [0.2, 0.25) is 0 Å². The number of carbonyl (C=O) groups excluding carboxylic acids is 1. The molecule has 0 aliphatic rings. The molecule has 0 saturated carbocycles. The highest BCUT2D eigenvalue weighted by Crippen LogP contribution is 2.06. The minimum absolute atomic E-state index is 0.251. The fourth-order valence-electron chi connectivity index (χ4n) is 1.21. The van der Waals surface area contributed by atoms with Crippen LogP contribution >= 0.6 is 12.6 Å². The van der Waals surface area contributed by atoms with Gasteiger partial charge in [0.15, 0.2) is 0 Å². The highest BCUT2D eigenvalue weighted by atomic mass is 32.1. The van der Waals surface area contributed by atoms with E-state index < -0.39 is 0 Å². The minimum Gasteiger partial charge on any atom is -0.462 e. The average molecular weight is 230 g/mol. The highest BCUT2D eigenvalue weighted by molar-refractivity contribution is 7.83. The molecule has 0 amide bonds. The number of thiol groups is 1. The van der Waals surface area contributed by atoms with E-state index in [4.69, 9.17) is 4.74 Å². The number of esters is 1. The van der Waals surface area contributed by atoms with E-state index in [1.54, 1.807) is 6.92 Å². The lowest BCUT2D eigenvalue weighted by Gasteiger charge is -2.04. The van der Waals surface area contributed by atoms with E-state index in [0.717, 1.165) is 12.8 Å². The molecule has 0 bridgehead atoms. The normalized spacial score (nSPS) is 11.5. The van der Waals surface area contributed by atoms with Gasteiger partial charge in [-0.25, -0.2) is 4.79 Å². The average Bonchev–Trinajstić information content (AvgIpc) is 2.26. The van der Waals surface area contributed by atoms with E-state index >= 15 is 0 Å². The zero-order valence-electron chi connectivity index (χ0n) is 9.79. The van der Waals surface area contributed by atoms with Crippen molar-refractivity contribution in [1.29, 1.82) is 0 Å². The van der Waals surface area contributed by atoms with Gasteiger partial charge in [0.05, 0.1) is 6.61 Å². The molecule has 0 fully saturated rings. The molecule has 0 radical (unpaired) electrons. The van der Waals surface area contributed by atoms with Crippen LogP contribution in [-0.4, -0.2) is 12.6 Å². The van der Waals surface area contributed by atoms with Crippen LogP contribution in [0.5, 0.6) is 0 Å². The van der Waals surface area contributed by atoms with Crippen molar-refractivity contribution in [3.05, 3.63) is 11.0 Å². The largest absolute Gasteiger partial charge is 0.462 e. The van der Waals surface area contributed by atoms with Gasteiger partial charge in [-0.2, -0.15) is 12.6 Å². The summed E-state index contributed by atoms with van der Waals surface area (Å²) in [7, 11) is 0. The van der Waals surface area contributed by atoms with E-state index in [1.807, 2.05) is 0 Å². The molecule has 0 spiro atoms. The van der Waals surface area contributed by atoms with Crippen LogP contribution < -0.4 is 0 Å². The molecule has 15 heavy (non-hydrogen) atoms. The Kier molecular flexibility index (Phi) is 9.79. The van der Waals surface area contributed by atoms with Gasteiger partial charge in [-0.3, -0.25) is 0 Å². The van der Waals surface area contributed by atoms with Gasteiger partial charge < -0.3 is 4.74 Å². The van der Waals surface area contributed by atoms with E-state index in [2.05, 4.69) is 19.6 Å². The summed E-state index contributed by atoms with van der Waals surface area (Å²) in [5.41, 5.74) is 0.560. The predicted molar refractivity (Wildman–Crippen MR) is 67.1 cm³/mol. The van der Waals surface area contributed by atoms with Gasteiger partial charge >= 0.3 is 5.97 Å².